The minimum Gasteiger partial charge on any atom is -0.507 e. The number of fused-ring (bicyclic) bond motifs is 5. The van der Waals surface area contributed by atoms with Crippen LogP contribution in [0.3, 0.4) is 0 Å². The van der Waals surface area contributed by atoms with E-state index >= 15 is 0 Å². The average Bonchev–Trinajstić information content (AvgIpc) is 2.97. The Labute approximate surface area is 239 Å². The molecule has 0 fully saturated rings. The lowest BCUT2D eigenvalue weighted by Crippen LogP contribution is -2.46. The van der Waals surface area contributed by atoms with E-state index in [2.05, 4.69) is 5.32 Å². The van der Waals surface area contributed by atoms with Crippen LogP contribution in [0.25, 0.3) is 11.1 Å². The number of rotatable bonds is 4. The van der Waals surface area contributed by atoms with Gasteiger partial charge in [-0.15, -0.1) is 0 Å². The summed E-state index contributed by atoms with van der Waals surface area (Å²) in [6, 6.07) is 17.4. The van der Waals surface area contributed by atoms with Gasteiger partial charge in [0.15, 0.2) is 5.78 Å². The van der Waals surface area contributed by atoms with Gasteiger partial charge in [-0.1, -0.05) is 61.5 Å². The summed E-state index contributed by atoms with van der Waals surface area (Å²) in [5.41, 5.74) is 3.99. The van der Waals surface area contributed by atoms with Crippen molar-refractivity contribution in [3.8, 4) is 16.9 Å². The first-order valence-electron chi connectivity index (χ1n) is 13.4. The summed E-state index contributed by atoms with van der Waals surface area (Å²) in [5.74, 6) is -2.32. The Morgan fingerprint density at radius 1 is 1.00 bits per heavy atom. The Morgan fingerprint density at radius 3 is 2.44 bits per heavy atom. The van der Waals surface area contributed by atoms with Gasteiger partial charge in [-0.25, -0.2) is 9.59 Å². The molecule has 9 heteroatoms. The number of esters is 1. The Hall–Kier alpha value is -4.66. The number of aryl methyl sites for hydroxylation is 1. The number of likely N-dealkylation sites (N-methyl/N-ethyl adjacent to an activating group) is 1. The van der Waals surface area contributed by atoms with Crippen LogP contribution < -0.4 is 5.32 Å². The molecule has 2 N–H and O–H groups in total. The van der Waals surface area contributed by atoms with Crippen LogP contribution in [-0.4, -0.2) is 54.0 Å². The molecule has 3 aromatic rings. The fourth-order valence-electron chi connectivity index (χ4n) is 4.97. The van der Waals surface area contributed by atoms with Crippen molar-refractivity contribution in [2.24, 2.45) is 5.92 Å². The number of ether oxygens (including phenoxy) is 2. The number of hydrogen-bond donors (Lipinski definition) is 2. The second kappa shape index (κ2) is 12.7. The quantitative estimate of drug-likeness (QED) is 0.453. The summed E-state index contributed by atoms with van der Waals surface area (Å²) < 4.78 is 10.4. The van der Waals surface area contributed by atoms with E-state index in [4.69, 9.17) is 9.47 Å². The highest BCUT2D eigenvalue weighted by Crippen LogP contribution is 2.36. The number of benzene rings is 3. The lowest BCUT2D eigenvalue weighted by Gasteiger charge is -2.29. The summed E-state index contributed by atoms with van der Waals surface area (Å²) in [5, 5.41) is 13.6. The number of amides is 2. The van der Waals surface area contributed by atoms with Crippen molar-refractivity contribution < 1.29 is 33.8 Å². The van der Waals surface area contributed by atoms with Crippen molar-refractivity contribution in [2.75, 3.05) is 14.2 Å². The van der Waals surface area contributed by atoms with E-state index in [0.29, 0.717) is 16.7 Å². The molecule has 4 rings (SSSR count). The van der Waals surface area contributed by atoms with Crippen molar-refractivity contribution in [2.45, 2.75) is 45.4 Å². The highest BCUT2D eigenvalue weighted by molar-refractivity contribution is 5.94. The predicted molar refractivity (Wildman–Crippen MR) is 152 cm³/mol. The maximum atomic E-state index is 13.8. The lowest BCUT2D eigenvalue weighted by molar-refractivity contribution is -0.145. The van der Waals surface area contributed by atoms with Crippen molar-refractivity contribution in [3.05, 3.63) is 89.0 Å². The standard InChI is InChI=1S/C32H34N2O7/c1-19-10-11-22-15-24(19)25-17-23(12-13-27(25)35)29(34(3)32(39)41-18-21-8-6-5-7-9-21)28(36)14-20(2)30(37)33-26(16-22)31(38)40-4/h5-13,15,17,20,26,29,35H,14,16,18H2,1-4H3,(H,33,37)/t20-,26+,29+/m1/s1. The highest BCUT2D eigenvalue weighted by atomic mass is 16.6. The van der Waals surface area contributed by atoms with Gasteiger partial charge in [0, 0.05) is 31.4 Å². The number of Topliss-reactive ketones (excluding diaryl/α,β-unsaturated/α-hetero) is 1. The molecule has 3 atom stereocenters. The number of phenolic OH excluding ortho intramolecular Hbond substituents is 1. The Morgan fingerprint density at radius 2 is 1.73 bits per heavy atom. The second-order valence-electron chi connectivity index (χ2n) is 10.3. The van der Waals surface area contributed by atoms with Gasteiger partial charge < -0.3 is 19.9 Å². The molecule has 1 aliphatic rings. The molecule has 0 aromatic heterocycles. The summed E-state index contributed by atoms with van der Waals surface area (Å²) in [6.07, 6.45) is -0.767. The fourth-order valence-corrected chi connectivity index (χ4v) is 4.97. The second-order valence-corrected chi connectivity index (χ2v) is 10.3. The van der Waals surface area contributed by atoms with Crippen LogP contribution in [0.4, 0.5) is 4.79 Å². The molecule has 0 spiro atoms. The van der Waals surface area contributed by atoms with Gasteiger partial charge in [0.1, 0.15) is 24.4 Å². The Balaban J connectivity index is 1.78. The number of hydrogen-bond acceptors (Lipinski definition) is 7. The van der Waals surface area contributed by atoms with E-state index in [9.17, 15) is 24.3 Å². The molecule has 0 saturated heterocycles. The zero-order valence-electron chi connectivity index (χ0n) is 23.5. The fraction of sp³-hybridized carbons (Fsp3) is 0.312. The summed E-state index contributed by atoms with van der Waals surface area (Å²) >= 11 is 0. The van der Waals surface area contributed by atoms with Gasteiger partial charge in [0.2, 0.25) is 5.91 Å². The zero-order valence-corrected chi connectivity index (χ0v) is 23.5. The first-order chi connectivity index (χ1) is 19.6. The van der Waals surface area contributed by atoms with Gasteiger partial charge in [0.25, 0.3) is 0 Å². The number of ketones is 1. The Kier molecular flexibility index (Phi) is 9.07. The molecule has 0 saturated carbocycles. The van der Waals surface area contributed by atoms with Crippen LogP contribution >= 0.6 is 0 Å². The van der Waals surface area contributed by atoms with Crippen LogP contribution in [-0.2, 0) is 36.9 Å². The van der Waals surface area contributed by atoms with E-state index < -0.39 is 41.8 Å². The van der Waals surface area contributed by atoms with Gasteiger partial charge in [-0.05, 0) is 46.9 Å². The summed E-state index contributed by atoms with van der Waals surface area (Å²) in [7, 11) is 2.71. The van der Waals surface area contributed by atoms with Crippen molar-refractivity contribution in [3.63, 3.8) is 0 Å². The third-order valence-electron chi connectivity index (χ3n) is 7.31. The first-order valence-corrected chi connectivity index (χ1v) is 13.4. The Bertz CT molecular complexity index is 1450. The molecule has 214 valence electrons. The monoisotopic (exact) mass is 558 g/mol. The van der Waals surface area contributed by atoms with Crippen molar-refractivity contribution in [1.82, 2.24) is 10.2 Å². The maximum Gasteiger partial charge on any atom is 0.410 e. The molecule has 1 heterocycles. The minimum absolute atomic E-state index is 0.00668. The van der Waals surface area contributed by atoms with Gasteiger partial charge in [0.05, 0.1) is 7.11 Å². The number of methoxy groups -OCH3 is 1. The van der Waals surface area contributed by atoms with Crippen LogP contribution in [0.5, 0.6) is 5.75 Å². The third-order valence-corrected chi connectivity index (χ3v) is 7.31. The van der Waals surface area contributed by atoms with Crippen molar-refractivity contribution in [1.29, 1.82) is 0 Å². The van der Waals surface area contributed by atoms with Gasteiger partial charge >= 0.3 is 12.1 Å². The molecule has 0 radical (unpaired) electrons. The third kappa shape index (κ3) is 6.74. The predicted octanol–water partition coefficient (Wildman–Crippen LogP) is 4.49. The number of aromatic hydroxyl groups is 1. The molecule has 3 aromatic carbocycles. The van der Waals surface area contributed by atoms with Crippen LogP contribution in [0.1, 0.15) is 41.6 Å². The number of carbonyl (C=O) groups excluding carboxylic acids is 4. The number of nitrogens with one attached hydrogen (secondary N) is 1. The maximum absolute atomic E-state index is 13.8. The molecule has 2 amide bonds. The molecular weight excluding hydrogens is 524 g/mol. The number of phenols is 1. The molecular formula is C32H34N2O7. The largest absolute Gasteiger partial charge is 0.507 e. The highest BCUT2D eigenvalue weighted by Gasteiger charge is 2.34. The molecule has 0 aliphatic carbocycles. The van der Waals surface area contributed by atoms with Gasteiger partial charge in [-0.2, -0.15) is 0 Å². The van der Waals surface area contributed by atoms with Crippen LogP contribution in [0.2, 0.25) is 0 Å². The van der Waals surface area contributed by atoms with E-state index in [1.807, 2.05) is 55.5 Å². The SMILES string of the molecule is COC(=O)[C@@H]1Cc2ccc(C)c(c2)-c2cc(ccc2O)[C@H](N(C)C(=O)OCc2ccccc2)C(=O)C[C@@H](C)C(=O)N1. The van der Waals surface area contributed by atoms with Crippen molar-refractivity contribution >= 4 is 23.8 Å². The summed E-state index contributed by atoms with van der Waals surface area (Å²) in [4.78, 5) is 53.8. The van der Waals surface area contributed by atoms with E-state index in [1.165, 1.54) is 25.1 Å². The zero-order chi connectivity index (χ0) is 29.7. The van der Waals surface area contributed by atoms with E-state index in [1.54, 1.807) is 19.1 Å². The summed E-state index contributed by atoms with van der Waals surface area (Å²) in [6.45, 7) is 3.49. The molecule has 4 bridgehead atoms. The van der Waals surface area contributed by atoms with Crippen LogP contribution in [0, 0.1) is 12.8 Å². The lowest BCUT2D eigenvalue weighted by atomic mass is 9.89. The molecule has 41 heavy (non-hydrogen) atoms. The topological polar surface area (TPSA) is 122 Å². The van der Waals surface area contributed by atoms with E-state index in [0.717, 1.165) is 16.7 Å². The van der Waals surface area contributed by atoms with E-state index in [-0.39, 0.29) is 25.2 Å². The first kappa shape index (κ1) is 29.3. The minimum atomic E-state index is -1.10. The van der Waals surface area contributed by atoms with Gasteiger partial charge in [-0.3, -0.25) is 14.5 Å². The average molecular weight is 559 g/mol. The molecule has 1 aliphatic heterocycles. The normalized spacial score (nSPS) is 19.0. The number of nitrogens with zero attached hydrogens (tertiary/aromatic N) is 1. The van der Waals surface area contributed by atoms with Crippen LogP contribution in [0.15, 0.2) is 66.7 Å². The smallest absolute Gasteiger partial charge is 0.410 e. The molecule has 0 unspecified atom stereocenters. The molecule has 9 nitrogen and oxygen atoms in total. The number of carbonyl (C=O) groups is 4.